The Balaban J connectivity index is 1.17. The van der Waals surface area contributed by atoms with Crippen molar-refractivity contribution >= 4 is 28.7 Å². The van der Waals surface area contributed by atoms with Gasteiger partial charge in [-0.05, 0) is 68.6 Å². The summed E-state index contributed by atoms with van der Waals surface area (Å²) in [5, 5.41) is 0. The van der Waals surface area contributed by atoms with Gasteiger partial charge in [-0.15, -0.1) is 6.42 Å². The molecule has 0 saturated carbocycles. The SMILES string of the molecule is C#Cc1cc(I)cc(CN2CCN(C(=O)OCC3c4ccccc4-c4ccccc43)CC2)c1. The fourth-order valence-electron chi connectivity index (χ4n) is 4.86. The topological polar surface area (TPSA) is 32.8 Å². The lowest BCUT2D eigenvalue weighted by Crippen LogP contribution is -2.48. The lowest BCUT2D eigenvalue weighted by Gasteiger charge is -2.34. The number of hydrogen-bond donors (Lipinski definition) is 0. The number of fused-ring (bicyclic) bond motifs is 3. The molecule has 1 aliphatic carbocycles. The summed E-state index contributed by atoms with van der Waals surface area (Å²) in [5.41, 5.74) is 7.08. The zero-order valence-corrected chi connectivity index (χ0v) is 20.5. The maximum Gasteiger partial charge on any atom is 0.409 e. The van der Waals surface area contributed by atoms with Gasteiger partial charge in [-0.1, -0.05) is 54.5 Å². The maximum absolute atomic E-state index is 12.8. The minimum atomic E-state index is -0.222. The fraction of sp³-hybridized carbons (Fsp3) is 0.250. The maximum atomic E-state index is 12.8. The standard InChI is InChI=1S/C28H25IN2O2/c1-2-20-15-21(17-22(29)16-20)18-30-11-13-31(14-12-30)28(32)33-19-27-25-9-5-3-7-23(25)24-8-4-6-10-26(24)27/h1,3-10,15-17,27H,11-14,18-19H2. The highest BCUT2D eigenvalue weighted by Gasteiger charge is 2.30. The molecule has 3 aromatic rings. The third-order valence-corrected chi connectivity index (χ3v) is 7.12. The molecule has 0 radical (unpaired) electrons. The van der Waals surface area contributed by atoms with E-state index >= 15 is 0 Å². The molecule has 166 valence electrons. The van der Waals surface area contributed by atoms with Gasteiger partial charge in [0, 0.05) is 47.8 Å². The van der Waals surface area contributed by atoms with Gasteiger partial charge in [0.1, 0.15) is 6.61 Å². The van der Waals surface area contributed by atoms with Crippen molar-refractivity contribution in [1.82, 2.24) is 9.80 Å². The largest absolute Gasteiger partial charge is 0.448 e. The molecule has 0 spiro atoms. The molecule has 0 N–H and O–H groups in total. The van der Waals surface area contributed by atoms with Crippen LogP contribution < -0.4 is 0 Å². The van der Waals surface area contributed by atoms with Crippen LogP contribution in [0.15, 0.2) is 66.7 Å². The summed E-state index contributed by atoms with van der Waals surface area (Å²) >= 11 is 2.30. The summed E-state index contributed by atoms with van der Waals surface area (Å²) in [6.45, 7) is 4.18. The molecule has 1 heterocycles. The molecule has 0 aromatic heterocycles. The molecular formula is C28H25IN2O2. The zero-order chi connectivity index (χ0) is 22.8. The van der Waals surface area contributed by atoms with Crippen LogP contribution in [0.25, 0.3) is 11.1 Å². The van der Waals surface area contributed by atoms with E-state index in [-0.39, 0.29) is 12.0 Å². The van der Waals surface area contributed by atoms with Crippen molar-refractivity contribution < 1.29 is 9.53 Å². The molecule has 2 aliphatic rings. The predicted molar refractivity (Wildman–Crippen MR) is 139 cm³/mol. The fourth-order valence-corrected chi connectivity index (χ4v) is 5.59. The lowest BCUT2D eigenvalue weighted by molar-refractivity contribution is 0.0728. The molecule has 1 fully saturated rings. The Morgan fingerprint density at radius 3 is 2.24 bits per heavy atom. The first-order chi connectivity index (χ1) is 16.1. The van der Waals surface area contributed by atoms with E-state index in [1.165, 1.54) is 27.8 Å². The molecule has 0 bridgehead atoms. The Bertz CT molecular complexity index is 1180. The van der Waals surface area contributed by atoms with E-state index in [0.29, 0.717) is 19.7 Å². The van der Waals surface area contributed by atoms with Crippen LogP contribution in [0.3, 0.4) is 0 Å². The highest BCUT2D eigenvalue weighted by atomic mass is 127. The molecule has 0 atom stereocenters. The number of hydrogen-bond acceptors (Lipinski definition) is 3. The van der Waals surface area contributed by atoms with Crippen molar-refractivity contribution in [3.05, 3.63) is 92.6 Å². The van der Waals surface area contributed by atoms with Crippen LogP contribution in [-0.2, 0) is 11.3 Å². The normalized spacial score (nSPS) is 15.6. The molecule has 4 nitrogen and oxygen atoms in total. The third kappa shape index (κ3) is 4.64. The quantitative estimate of drug-likeness (QED) is 0.326. The number of carbonyl (C=O) groups is 1. The number of rotatable bonds is 4. The van der Waals surface area contributed by atoms with E-state index < -0.39 is 0 Å². The molecule has 0 unspecified atom stereocenters. The van der Waals surface area contributed by atoms with E-state index in [9.17, 15) is 4.79 Å². The number of amides is 1. The minimum absolute atomic E-state index is 0.0912. The van der Waals surface area contributed by atoms with Crippen molar-refractivity contribution in [3.8, 4) is 23.5 Å². The molecule has 1 aliphatic heterocycles. The van der Waals surface area contributed by atoms with Crippen LogP contribution in [0.1, 0.15) is 28.2 Å². The van der Waals surface area contributed by atoms with Crippen molar-refractivity contribution in [1.29, 1.82) is 0 Å². The second-order valence-corrected chi connectivity index (χ2v) is 9.81. The van der Waals surface area contributed by atoms with Crippen molar-refractivity contribution in [3.63, 3.8) is 0 Å². The van der Waals surface area contributed by atoms with Gasteiger partial charge in [-0.25, -0.2) is 4.79 Å². The Hall–Kier alpha value is -2.82. The van der Waals surface area contributed by atoms with E-state index in [0.717, 1.165) is 28.8 Å². The van der Waals surface area contributed by atoms with Crippen LogP contribution in [0.2, 0.25) is 0 Å². The summed E-state index contributed by atoms with van der Waals surface area (Å²) in [4.78, 5) is 17.0. The molecule has 33 heavy (non-hydrogen) atoms. The van der Waals surface area contributed by atoms with E-state index in [4.69, 9.17) is 11.2 Å². The molecule has 3 aromatic carbocycles. The zero-order valence-electron chi connectivity index (χ0n) is 18.3. The van der Waals surface area contributed by atoms with Crippen LogP contribution in [0.5, 0.6) is 0 Å². The van der Waals surface area contributed by atoms with Crippen molar-refractivity contribution in [2.75, 3.05) is 32.8 Å². The highest BCUT2D eigenvalue weighted by Crippen LogP contribution is 2.44. The number of ether oxygens (including phenoxy) is 1. The molecule has 5 heteroatoms. The predicted octanol–water partition coefficient (Wildman–Crippen LogP) is 5.34. The van der Waals surface area contributed by atoms with Gasteiger partial charge in [-0.2, -0.15) is 0 Å². The van der Waals surface area contributed by atoms with Gasteiger partial charge in [0.2, 0.25) is 0 Å². The summed E-state index contributed by atoms with van der Waals surface area (Å²) in [7, 11) is 0. The second-order valence-electron chi connectivity index (χ2n) is 8.56. The van der Waals surface area contributed by atoms with Crippen LogP contribution in [0.4, 0.5) is 4.79 Å². The first-order valence-corrected chi connectivity index (χ1v) is 12.3. The summed E-state index contributed by atoms with van der Waals surface area (Å²) in [6, 6.07) is 23.1. The van der Waals surface area contributed by atoms with Gasteiger partial charge in [-0.3, -0.25) is 4.90 Å². The first kappa shape index (κ1) is 22.0. The monoisotopic (exact) mass is 548 g/mol. The van der Waals surface area contributed by atoms with E-state index in [1.807, 2.05) is 11.0 Å². The Morgan fingerprint density at radius 1 is 0.970 bits per heavy atom. The average molecular weight is 548 g/mol. The number of carbonyl (C=O) groups excluding carboxylic acids is 1. The Labute approximate surface area is 208 Å². The summed E-state index contributed by atoms with van der Waals surface area (Å²) < 4.78 is 6.97. The van der Waals surface area contributed by atoms with Crippen LogP contribution in [-0.4, -0.2) is 48.7 Å². The molecular weight excluding hydrogens is 523 g/mol. The van der Waals surface area contributed by atoms with Crippen LogP contribution in [0, 0.1) is 15.9 Å². The molecule has 1 saturated heterocycles. The highest BCUT2D eigenvalue weighted by molar-refractivity contribution is 14.1. The average Bonchev–Trinajstić information content (AvgIpc) is 3.16. The van der Waals surface area contributed by atoms with E-state index in [2.05, 4.69) is 94.1 Å². The number of halogens is 1. The Kier molecular flexibility index (Phi) is 6.39. The molecule has 5 rings (SSSR count). The second kappa shape index (κ2) is 9.58. The van der Waals surface area contributed by atoms with Gasteiger partial charge in [0.05, 0.1) is 0 Å². The van der Waals surface area contributed by atoms with Gasteiger partial charge >= 0.3 is 6.09 Å². The van der Waals surface area contributed by atoms with Gasteiger partial charge in [0.25, 0.3) is 0 Å². The van der Waals surface area contributed by atoms with E-state index in [1.54, 1.807) is 0 Å². The Morgan fingerprint density at radius 2 is 1.61 bits per heavy atom. The lowest BCUT2D eigenvalue weighted by atomic mass is 9.98. The number of piperazine rings is 1. The van der Waals surface area contributed by atoms with Crippen LogP contribution >= 0.6 is 22.6 Å². The van der Waals surface area contributed by atoms with Crippen molar-refractivity contribution in [2.45, 2.75) is 12.5 Å². The number of terminal acetylenes is 1. The van der Waals surface area contributed by atoms with Crippen molar-refractivity contribution in [2.24, 2.45) is 0 Å². The van der Waals surface area contributed by atoms with Gasteiger partial charge in [0.15, 0.2) is 0 Å². The summed E-state index contributed by atoms with van der Waals surface area (Å²) in [6.07, 6.45) is 5.35. The first-order valence-electron chi connectivity index (χ1n) is 11.2. The number of nitrogens with zero attached hydrogens (tertiary/aromatic N) is 2. The smallest absolute Gasteiger partial charge is 0.409 e. The number of benzene rings is 3. The minimum Gasteiger partial charge on any atom is -0.448 e. The summed E-state index contributed by atoms with van der Waals surface area (Å²) in [5.74, 6) is 2.82. The molecule has 1 amide bonds. The van der Waals surface area contributed by atoms with Gasteiger partial charge < -0.3 is 9.64 Å². The third-order valence-electron chi connectivity index (χ3n) is 6.50.